The first-order chi connectivity index (χ1) is 20.5. The highest BCUT2D eigenvalue weighted by Crippen LogP contribution is 2.28. The van der Waals surface area contributed by atoms with Crippen LogP contribution < -0.4 is 19.1 Å². The molecule has 222 valence electrons. The molecular weight excluding hydrogens is 569 g/mol. The number of aromatic nitrogens is 2. The zero-order chi connectivity index (χ0) is 29.9. The highest BCUT2D eigenvalue weighted by molar-refractivity contribution is 7.16. The molecule has 2 amide bonds. The van der Waals surface area contributed by atoms with Crippen molar-refractivity contribution in [2.24, 2.45) is 9.98 Å². The van der Waals surface area contributed by atoms with Crippen LogP contribution in [0.3, 0.4) is 0 Å². The van der Waals surface area contributed by atoms with Crippen LogP contribution in [0, 0.1) is 0 Å². The van der Waals surface area contributed by atoms with Crippen molar-refractivity contribution in [2.75, 3.05) is 14.2 Å². The second kappa shape index (κ2) is 15.5. The van der Waals surface area contributed by atoms with Crippen molar-refractivity contribution < 1.29 is 19.1 Å². The Kier molecular flexibility index (Phi) is 11.5. The summed E-state index contributed by atoms with van der Waals surface area (Å²) >= 11 is 2.97. The standard InChI is InChI=1S/C32H38N4O4S2/c1-5-21-35-29-23(39-3)15-13-17-25(29)41-31(35)33-27(37)19-11-9-7-8-10-12-20-28(38)34-32-36(22-6-2)30-24(40-4)16-14-18-26(30)42-32/h5-6,13-18H,1-2,7-12,19-22H2,3-4H3. The number of hydrogen-bond acceptors (Lipinski definition) is 6. The van der Waals surface area contributed by atoms with E-state index in [1.807, 2.05) is 45.5 Å². The molecule has 0 bridgehead atoms. The van der Waals surface area contributed by atoms with Crippen LogP contribution in [0.2, 0.25) is 0 Å². The lowest BCUT2D eigenvalue weighted by Gasteiger charge is -2.06. The first kappa shape index (κ1) is 31.2. The van der Waals surface area contributed by atoms with Gasteiger partial charge in [-0.15, -0.1) is 13.2 Å². The topological polar surface area (TPSA) is 87.2 Å². The predicted octanol–water partition coefficient (Wildman–Crippen LogP) is 6.78. The molecule has 2 aromatic heterocycles. The number of hydrogen-bond donors (Lipinski definition) is 0. The van der Waals surface area contributed by atoms with Crippen LogP contribution in [0.1, 0.15) is 51.4 Å². The maximum Gasteiger partial charge on any atom is 0.248 e. The van der Waals surface area contributed by atoms with Gasteiger partial charge in [0, 0.05) is 25.9 Å². The van der Waals surface area contributed by atoms with Crippen LogP contribution in [0.15, 0.2) is 71.7 Å². The van der Waals surface area contributed by atoms with Crippen molar-refractivity contribution >= 4 is 54.9 Å². The number of thiazole rings is 2. The summed E-state index contributed by atoms with van der Waals surface area (Å²) in [4.78, 5) is 35.4. The molecule has 0 saturated heterocycles. The van der Waals surface area contributed by atoms with Gasteiger partial charge in [-0.05, 0) is 37.1 Å². The van der Waals surface area contributed by atoms with Crippen LogP contribution in [-0.4, -0.2) is 35.2 Å². The van der Waals surface area contributed by atoms with Gasteiger partial charge in [-0.2, -0.15) is 9.98 Å². The first-order valence-electron chi connectivity index (χ1n) is 14.2. The van der Waals surface area contributed by atoms with Crippen LogP contribution in [0.5, 0.6) is 11.5 Å². The first-order valence-corrected chi connectivity index (χ1v) is 15.8. The third-order valence-electron chi connectivity index (χ3n) is 6.86. The van der Waals surface area contributed by atoms with E-state index in [2.05, 4.69) is 23.1 Å². The van der Waals surface area contributed by atoms with Crippen molar-refractivity contribution in [3.8, 4) is 11.5 Å². The van der Waals surface area contributed by atoms with Crippen molar-refractivity contribution in [3.05, 3.63) is 71.3 Å². The average Bonchev–Trinajstić information content (AvgIpc) is 3.51. The molecule has 42 heavy (non-hydrogen) atoms. The minimum atomic E-state index is -0.113. The van der Waals surface area contributed by atoms with Gasteiger partial charge < -0.3 is 18.6 Å². The number of benzene rings is 2. The lowest BCUT2D eigenvalue weighted by molar-refractivity contribution is -0.119. The Morgan fingerprint density at radius 1 is 0.714 bits per heavy atom. The third kappa shape index (κ3) is 7.54. The summed E-state index contributed by atoms with van der Waals surface area (Å²) in [6.07, 6.45) is 9.97. The number of rotatable bonds is 15. The molecule has 0 aliphatic carbocycles. The summed E-state index contributed by atoms with van der Waals surface area (Å²) in [5.74, 6) is 1.29. The lowest BCUT2D eigenvalue weighted by Crippen LogP contribution is -2.16. The summed E-state index contributed by atoms with van der Waals surface area (Å²) in [5.41, 5.74) is 1.87. The van der Waals surface area contributed by atoms with Crippen molar-refractivity contribution in [3.63, 3.8) is 0 Å². The van der Waals surface area contributed by atoms with E-state index in [-0.39, 0.29) is 11.8 Å². The van der Waals surface area contributed by atoms with Gasteiger partial charge in [-0.3, -0.25) is 9.59 Å². The number of para-hydroxylation sites is 2. The highest BCUT2D eigenvalue weighted by Gasteiger charge is 2.13. The van der Waals surface area contributed by atoms with Crippen molar-refractivity contribution in [2.45, 2.75) is 64.5 Å². The fourth-order valence-corrected chi connectivity index (χ4v) is 7.03. The molecule has 0 aliphatic rings. The Morgan fingerprint density at radius 3 is 1.50 bits per heavy atom. The van der Waals surface area contributed by atoms with Crippen molar-refractivity contribution in [1.29, 1.82) is 0 Å². The molecule has 0 N–H and O–H groups in total. The molecule has 10 heteroatoms. The predicted molar refractivity (Wildman–Crippen MR) is 171 cm³/mol. The number of carbonyl (C=O) groups excluding carboxylic acids is 2. The number of nitrogens with zero attached hydrogens (tertiary/aromatic N) is 4. The second-order valence-corrected chi connectivity index (χ2v) is 11.8. The SMILES string of the molecule is C=CCn1c(=NC(=O)CCCCCCCCC(=O)N=c2sc3cccc(OC)c3n2CC=C)sc2cccc(OC)c21. The Bertz CT molecular complexity index is 1580. The number of unbranched alkanes of at least 4 members (excludes halogenated alkanes) is 5. The van der Waals surface area contributed by atoms with E-state index in [1.165, 1.54) is 22.7 Å². The smallest absolute Gasteiger partial charge is 0.248 e. The second-order valence-electron chi connectivity index (χ2n) is 9.81. The average molecular weight is 607 g/mol. The molecule has 8 nitrogen and oxygen atoms in total. The molecule has 0 unspecified atom stereocenters. The zero-order valence-electron chi connectivity index (χ0n) is 24.3. The van der Waals surface area contributed by atoms with E-state index in [9.17, 15) is 9.59 Å². The molecule has 4 rings (SSSR count). The fraction of sp³-hybridized carbons (Fsp3) is 0.375. The van der Waals surface area contributed by atoms with Gasteiger partial charge in [0.25, 0.3) is 0 Å². The van der Waals surface area contributed by atoms with E-state index < -0.39 is 0 Å². The van der Waals surface area contributed by atoms with E-state index >= 15 is 0 Å². The molecule has 0 fully saturated rings. The van der Waals surface area contributed by atoms with Gasteiger partial charge >= 0.3 is 0 Å². The van der Waals surface area contributed by atoms with E-state index in [0.717, 1.165) is 70.5 Å². The van der Waals surface area contributed by atoms with Crippen molar-refractivity contribution in [1.82, 2.24) is 9.13 Å². The van der Waals surface area contributed by atoms with E-state index in [0.29, 0.717) is 35.5 Å². The Balaban J connectivity index is 1.23. The maximum absolute atomic E-state index is 12.6. The molecule has 0 radical (unpaired) electrons. The van der Waals surface area contributed by atoms with Gasteiger partial charge in [0.2, 0.25) is 11.8 Å². The summed E-state index contributed by atoms with van der Waals surface area (Å²) in [6.45, 7) is 8.80. The number of methoxy groups -OCH3 is 2. The summed E-state index contributed by atoms with van der Waals surface area (Å²) in [5, 5.41) is 0. The van der Waals surface area contributed by atoms with Gasteiger partial charge in [0.05, 0.1) is 23.6 Å². The quantitative estimate of drug-likeness (QED) is 0.110. The molecule has 4 aromatic rings. The molecule has 0 saturated carbocycles. The Labute approximate surface area is 254 Å². The van der Waals surface area contributed by atoms with Crippen LogP contribution in [0.4, 0.5) is 0 Å². The largest absolute Gasteiger partial charge is 0.495 e. The molecule has 2 heterocycles. The Hall–Kier alpha value is -3.76. The minimum Gasteiger partial charge on any atom is -0.495 e. The Morgan fingerprint density at radius 2 is 1.12 bits per heavy atom. The van der Waals surface area contributed by atoms with Gasteiger partial charge in [0.15, 0.2) is 9.60 Å². The van der Waals surface area contributed by atoms with Crippen LogP contribution in [-0.2, 0) is 22.7 Å². The van der Waals surface area contributed by atoms with E-state index in [4.69, 9.17) is 9.47 Å². The summed E-state index contributed by atoms with van der Waals surface area (Å²) < 4.78 is 17.0. The monoisotopic (exact) mass is 606 g/mol. The summed E-state index contributed by atoms with van der Waals surface area (Å²) in [6, 6.07) is 11.7. The normalized spacial score (nSPS) is 12.2. The molecule has 0 aliphatic heterocycles. The maximum atomic E-state index is 12.6. The minimum absolute atomic E-state index is 0.113. The zero-order valence-corrected chi connectivity index (χ0v) is 26.0. The third-order valence-corrected chi connectivity index (χ3v) is 8.95. The van der Waals surface area contributed by atoms with Gasteiger partial charge in [-0.1, -0.05) is 72.6 Å². The number of amides is 2. The lowest BCUT2D eigenvalue weighted by atomic mass is 10.1. The number of fused-ring (bicyclic) bond motifs is 2. The van der Waals surface area contributed by atoms with E-state index in [1.54, 1.807) is 26.4 Å². The number of ether oxygens (including phenoxy) is 2. The molecule has 0 spiro atoms. The highest BCUT2D eigenvalue weighted by atomic mass is 32.1. The number of allylic oxidation sites excluding steroid dienone is 2. The molecule has 0 atom stereocenters. The number of carbonyl (C=O) groups is 2. The molecular formula is C32H38N4O4S2. The fourth-order valence-electron chi connectivity index (χ4n) is 4.88. The van der Waals surface area contributed by atoms with Crippen LogP contribution in [0.25, 0.3) is 20.4 Å². The van der Waals surface area contributed by atoms with Gasteiger partial charge in [0.1, 0.15) is 22.5 Å². The van der Waals surface area contributed by atoms with Crippen LogP contribution >= 0.6 is 22.7 Å². The summed E-state index contributed by atoms with van der Waals surface area (Å²) in [7, 11) is 3.28. The van der Waals surface area contributed by atoms with Gasteiger partial charge in [-0.25, -0.2) is 0 Å². The molecule has 2 aromatic carbocycles.